The maximum Gasteiger partial charge on any atom is 0.337 e. The molecule has 1 N–H and O–H groups in total. The van der Waals surface area contributed by atoms with Crippen LogP contribution in [0.5, 0.6) is 0 Å². The Morgan fingerprint density at radius 1 is 1.11 bits per heavy atom. The van der Waals surface area contributed by atoms with Crippen molar-refractivity contribution in [2.45, 2.75) is 0 Å². The summed E-state index contributed by atoms with van der Waals surface area (Å²) in [5.74, 6) is -0.253. The third-order valence-corrected chi connectivity index (χ3v) is 4.21. The Hall–Kier alpha value is -3.49. The van der Waals surface area contributed by atoms with Crippen LogP contribution in [0.2, 0.25) is 0 Å². The van der Waals surface area contributed by atoms with E-state index < -0.39 is 11.9 Å². The molecule has 1 aliphatic heterocycles. The highest BCUT2D eigenvalue weighted by Gasteiger charge is 2.18. The zero-order chi connectivity index (χ0) is 19.2. The lowest BCUT2D eigenvalue weighted by atomic mass is 10.2. The molecule has 0 spiro atoms. The van der Waals surface area contributed by atoms with Crippen LogP contribution in [0.1, 0.15) is 20.8 Å². The number of amides is 2. The van der Waals surface area contributed by atoms with Crippen molar-refractivity contribution in [2.24, 2.45) is 0 Å². The number of anilines is 2. The predicted octanol–water partition coefficient (Wildman–Crippen LogP) is 0.794. The van der Waals surface area contributed by atoms with Crippen molar-refractivity contribution in [2.75, 3.05) is 43.5 Å². The number of piperazine rings is 1. The van der Waals surface area contributed by atoms with E-state index in [1.165, 1.54) is 13.2 Å². The molecular formula is C18H19N5O4. The van der Waals surface area contributed by atoms with E-state index in [9.17, 15) is 14.4 Å². The molecule has 2 amide bonds. The first-order valence-corrected chi connectivity index (χ1v) is 8.38. The number of aromatic nitrogens is 2. The largest absolute Gasteiger partial charge is 0.465 e. The molecule has 1 aromatic heterocycles. The van der Waals surface area contributed by atoms with Crippen LogP contribution in [0.15, 0.2) is 36.4 Å². The van der Waals surface area contributed by atoms with Gasteiger partial charge in [-0.3, -0.25) is 9.59 Å². The highest BCUT2D eigenvalue weighted by atomic mass is 16.5. The van der Waals surface area contributed by atoms with Gasteiger partial charge in [-0.1, -0.05) is 6.07 Å². The average molecular weight is 369 g/mol. The summed E-state index contributed by atoms with van der Waals surface area (Å²) >= 11 is 0. The van der Waals surface area contributed by atoms with E-state index in [1.807, 2.05) is 4.90 Å². The summed E-state index contributed by atoms with van der Waals surface area (Å²) in [6.45, 7) is 2.59. The number of nitrogens with one attached hydrogen (secondary N) is 1. The summed E-state index contributed by atoms with van der Waals surface area (Å²) < 4.78 is 4.66. The molecule has 0 saturated carbocycles. The van der Waals surface area contributed by atoms with Crippen molar-refractivity contribution in [3.05, 3.63) is 47.7 Å². The van der Waals surface area contributed by atoms with E-state index in [2.05, 4.69) is 20.3 Å². The van der Waals surface area contributed by atoms with E-state index in [4.69, 9.17) is 0 Å². The molecule has 1 saturated heterocycles. The second-order valence-electron chi connectivity index (χ2n) is 5.93. The van der Waals surface area contributed by atoms with Gasteiger partial charge in [0.1, 0.15) is 0 Å². The van der Waals surface area contributed by atoms with Gasteiger partial charge in [-0.05, 0) is 30.3 Å². The maximum absolute atomic E-state index is 12.3. The van der Waals surface area contributed by atoms with Gasteiger partial charge in [-0.2, -0.15) is 0 Å². The molecular weight excluding hydrogens is 350 g/mol. The number of hydrogen-bond donors (Lipinski definition) is 1. The van der Waals surface area contributed by atoms with Gasteiger partial charge in [0.25, 0.3) is 5.91 Å². The van der Waals surface area contributed by atoms with E-state index in [1.54, 1.807) is 35.2 Å². The fraction of sp³-hybridized carbons (Fsp3) is 0.278. The lowest BCUT2D eigenvalue weighted by molar-refractivity contribution is -0.118. The lowest BCUT2D eigenvalue weighted by Crippen LogP contribution is -2.46. The minimum atomic E-state index is -0.482. The van der Waals surface area contributed by atoms with Gasteiger partial charge in [0, 0.05) is 31.9 Å². The number of nitrogens with zero attached hydrogens (tertiary/aromatic N) is 4. The molecule has 2 aromatic rings. The van der Waals surface area contributed by atoms with Crippen LogP contribution in [-0.2, 0) is 9.53 Å². The van der Waals surface area contributed by atoms with Crippen molar-refractivity contribution in [3.8, 4) is 0 Å². The Bertz CT molecular complexity index is 832. The van der Waals surface area contributed by atoms with Crippen LogP contribution in [0.4, 0.5) is 11.5 Å². The van der Waals surface area contributed by atoms with Crippen molar-refractivity contribution < 1.29 is 19.1 Å². The molecule has 2 heterocycles. The Kier molecular flexibility index (Phi) is 5.60. The second-order valence-corrected chi connectivity index (χ2v) is 5.93. The SMILES string of the molecule is COC(=O)c1cccc(NC(=O)c2ccc(N3CCN(C=O)CC3)nn2)c1. The minimum Gasteiger partial charge on any atom is -0.465 e. The van der Waals surface area contributed by atoms with Crippen LogP contribution in [-0.4, -0.2) is 66.7 Å². The summed E-state index contributed by atoms with van der Waals surface area (Å²) in [6, 6.07) is 9.75. The summed E-state index contributed by atoms with van der Waals surface area (Å²) in [6.07, 6.45) is 0.839. The summed E-state index contributed by atoms with van der Waals surface area (Å²) in [4.78, 5) is 38.4. The minimum absolute atomic E-state index is 0.161. The number of ether oxygens (including phenoxy) is 1. The van der Waals surface area contributed by atoms with Gasteiger partial charge < -0.3 is 19.9 Å². The molecule has 1 aromatic carbocycles. The quantitative estimate of drug-likeness (QED) is 0.614. The Balaban J connectivity index is 1.64. The maximum atomic E-state index is 12.3. The topological polar surface area (TPSA) is 105 Å². The standard InChI is InChI=1S/C18H19N5O4/c1-27-18(26)13-3-2-4-14(11-13)19-17(25)15-5-6-16(21-20-15)23-9-7-22(12-24)8-10-23/h2-6,11-12H,7-10H2,1H3,(H,19,25). The third kappa shape index (κ3) is 4.38. The first-order valence-electron chi connectivity index (χ1n) is 8.38. The molecule has 0 unspecified atom stereocenters. The molecule has 140 valence electrons. The number of carbonyl (C=O) groups excluding carboxylic acids is 3. The van der Waals surface area contributed by atoms with E-state index >= 15 is 0 Å². The van der Waals surface area contributed by atoms with Crippen LogP contribution in [0, 0.1) is 0 Å². The number of benzene rings is 1. The highest BCUT2D eigenvalue weighted by Crippen LogP contribution is 2.15. The molecule has 3 rings (SSSR count). The molecule has 0 aliphatic carbocycles. The average Bonchev–Trinajstić information content (AvgIpc) is 2.73. The van der Waals surface area contributed by atoms with Gasteiger partial charge in [0.2, 0.25) is 6.41 Å². The molecule has 9 heteroatoms. The fourth-order valence-electron chi connectivity index (χ4n) is 2.71. The molecule has 0 radical (unpaired) electrons. The van der Waals surface area contributed by atoms with Crippen LogP contribution in [0.25, 0.3) is 0 Å². The summed E-state index contributed by atoms with van der Waals surface area (Å²) in [7, 11) is 1.30. The van der Waals surface area contributed by atoms with Crippen molar-refractivity contribution in [1.82, 2.24) is 15.1 Å². The highest BCUT2D eigenvalue weighted by molar-refractivity contribution is 6.03. The number of rotatable bonds is 5. The van der Waals surface area contributed by atoms with Crippen molar-refractivity contribution in [3.63, 3.8) is 0 Å². The van der Waals surface area contributed by atoms with Gasteiger partial charge in [-0.15, -0.1) is 10.2 Å². The first kappa shape index (κ1) is 18.3. The molecule has 9 nitrogen and oxygen atoms in total. The first-order chi connectivity index (χ1) is 13.1. The van der Waals surface area contributed by atoms with Crippen molar-refractivity contribution in [1.29, 1.82) is 0 Å². The fourth-order valence-corrected chi connectivity index (χ4v) is 2.71. The van der Waals surface area contributed by atoms with E-state index in [0.717, 1.165) is 6.41 Å². The van der Waals surface area contributed by atoms with Gasteiger partial charge in [0.05, 0.1) is 12.7 Å². The number of hydrogen-bond acceptors (Lipinski definition) is 7. The van der Waals surface area contributed by atoms with Crippen LogP contribution < -0.4 is 10.2 Å². The summed E-state index contributed by atoms with van der Waals surface area (Å²) in [5.41, 5.74) is 0.957. The Morgan fingerprint density at radius 3 is 2.52 bits per heavy atom. The summed E-state index contributed by atoms with van der Waals surface area (Å²) in [5, 5.41) is 10.8. The zero-order valence-corrected chi connectivity index (χ0v) is 14.8. The van der Waals surface area contributed by atoms with Gasteiger partial charge in [0.15, 0.2) is 11.5 Å². The zero-order valence-electron chi connectivity index (χ0n) is 14.8. The van der Waals surface area contributed by atoms with Crippen LogP contribution in [0.3, 0.4) is 0 Å². The number of carbonyl (C=O) groups is 3. The molecule has 1 fully saturated rings. The van der Waals surface area contributed by atoms with Crippen LogP contribution >= 0.6 is 0 Å². The second kappa shape index (κ2) is 8.26. The van der Waals surface area contributed by atoms with E-state index in [-0.39, 0.29) is 5.69 Å². The predicted molar refractivity (Wildman–Crippen MR) is 97.6 cm³/mol. The smallest absolute Gasteiger partial charge is 0.337 e. The Labute approximate surface area is 155 Å². The lowest BCUT2D eigenvalue weighted by Gasteiger charge is -2.32. The molecule has 1 aliphatic rings. The third-order valence-electron chi connectivity index (χ3n) is 4.21. The molecule has 27 heavy (non-hydrogen) atoms. The number of esters is 1. The monoisotopic (exact) mass is 369 g/mol. The van der Waals surface area contributed by atoms with Gasteiger partial charge in [-0.25, -0.2) is 4.79 Å². The molecule has 0 atom stereocenters. The number of methoxy groups -OCH3 is 1. The Morgan fingerprint density at radius 2 is 1.89 bits per heavy atom. The van der Waals surface area contributed by atoms with Crippen molar-refractivity contribution >= 4 is 29.8 Å². The molecule has 0 bridgehead atoms. The van der Waals surface area contributed by atoms with E-state index in [0.29, 0.717) is 43.2 Å². The van der Waals surface area contributed by atoms with Gasteiger partial charge >= 0.3 is 5.97 Å². The normalized spacial score (nSPS) is 13.8.